The molecule has 0 bridgehead atoms. The van der Waals surface area contributed by atoms with Crippen LogP contribution in [0.3, 0.4) is 0 Å². The Balaban J connectivity index is 1.53. The average Bonchev–Trinajstić information content (AvgIpc) is 2.69. The summed E-state index contributed by atoms with van der Waals surface area (Å²) < 4.78 is 27.9. The smallest absolute Gasteiger partial charge is 0.240 e. The van der Waals surface area contributed by atoms with Crippen molar-refractivity contribution >= 4 is 21.6 Å². The molecule has 0 aliphatic heterocycles. The number of sulfonamides is 1. The molecule has 156 valence electrons. The molecule has 1 fully saturated rings. The van der Waals surface area contributed by atoms with E-state index in [-0.39, 0.29) is 16.8 Å². The highest BCUT2D eigenvalue weighted by atomic mass is 32.2. The van der Waals surface area contributed by atoms with E-state index < -0.39 is 10.0 Å². The zero-order valence-corrected chi connectivity index (χ0v) is 18.0. The second-order valence-corrected chi connectivity index (χ2v) is 9.68. The maximum atomic E-state index is 12.6. The first kappa shape index (κ1) is 21.5. The third-order valence-electron chi connectivity index (χ3n) is 5.46. The molecule has 2 aromatic carbocycles. The number of nitrogens with one attached hydrogen (secondary N) is 2. The molecule has 1 aliphatic rings. The van der Waals surface area contributed by atoms with E-state index in [0.29, 0.717) is 12.8 Å². The lowest BCUT2D eigenvalue weighted by molar-refractivity contribution is -0.116. The van der Waals surface area contributed by atoms with Crippen molar-refractivity contribution < 1.29 is 13.2 Å². The Hall–Kier alpha value is -2.18. The summed E-state index contributed by atoms with van der Waals surface area (Å²) in [6.07, 6.45) is 6.07. The molecule has 3 rings (SSSR count). The monoisotopic (exact) mass is 414 g/mol. The Morgan fingerprint density at radius 2 is 1.69 bits per heavy atom. The third-order valence-corrected chi connectivity index (χ3v) is 6.99. The van der Waals surface area contributed by atoms with E-state index in [9.17, 15) is 13.2 Å². The second-order valence-electron chi connectivity index (χ2n) is 7.97. The van der Waals surface area contributed by atoms with Crippen molar-refractivity contribution in [2.24, 2.45) is 0 Å². The molecule has 1 amide bonds. The van der Waals surface area contributed by atoms with Gasteiger partial charge in [-0.3, -0.25) is 4.79 Å². The fourth-order valence-electron chi connectivity index (χ4n) is 3.77. The zero-order chi connectivity index (χ0) is 20.9. The average molecular weight is 415 g/mol. The number of aryl methyl sites for hydroxylation is 3. The van der Waals surface area contributed by atoms with E-state index in [1.54, 1.807) is 24.3 Å². The van der Waals surface area contributed by atoms with Gasteiger partial charge in [-0.1, -0.05) is 49.1 Å². The Labute approximate surface area is 174 Å². The van der Waals surface area contributed by atoms with Gasteiger partial charge in [0.25, 0.3) is 0 Å². The van der Waals surface area contributed by atoms with Gasteiger partial charge in [0.05, 0.1) is 4.90 Å². The molecule has 6 heteroatoms. The van der Waals surface area contributed by atoms with Crippen molar-refractivity contribution in [3.8, 4) is 0 Å². The lowest BCUT2D eigenvalue weighted by Crippen LogP contribution is -2.36. The van der Waals surface area contributed by atoms with Gasteiger partial charge in [-0.15, -0.1) is 0 Å². The van der Waals surface area contributed by atoms with Crippen LogP contribution in [-0.2, 0) is 21.2 Å². The Kier molecular flexibility index (Phi) is 7.09. The molecule has 0 aromatic heterocycles. The fourth-order valence-corrected chi connectivity index (χ4v) is 5.07. The minimum Gasteiger partial charge on any atom is -0.326 e. The molecule has 0 heterocycles. The van der Waals surface area contributed by atoms with Crippen molar-refractivity contribution in [1.82, 2.24) is 4.72 Å². The molecule has 29 heavy (non-hydrogen) atoms. The van der Waals surface area contributed by atoms with Crippen LogP contribution in [0.15, 0.2) is 47.4 Å². The summed E-state index contributed by atoms with van der Waals surface area (Å²) >= 11 is 0. The van der Waals surface area contributed by atoms with E-state index in [0.717, 1.165) is 48.1 Å². The summed E-state index contributed by atoms with van der Waals surface area (Å²) in [5.41, 5.74) is 3.97. The predicted molar refractivity (Wildman–Crippen MR) is 117 cm³/mol. The molecule has 5 nitrogen and oxygen atoms in total. The van der Waals surface area contributed by atoms with Gasteiger partial charge >= 0.3 is 0 Å². The van der Waals surface area contributed by atoms with Crippen LogP contribution < -0.4 is 10.0 Å². The maximum absolute atomic E-state index is 12.6. The van der Waals surface area contributed by atoms with Crippen LogP contribution in [0.2, 0.25) is 0 Å². The largest absolute Gasteiger partial charge is 0.326 e. The number of carbonyl (C=O) groups is 1. The zero-order valence-electron chi connectivity index (χ0n) is 17.2. The SMILES string of the molecule is Cc1ccc(NC(=O)CCc2ccc(S(=O)(=O)NC3CCCCC3)cc2)c(C)c1. The minimum absolute atomic E-state index is 0.0438. The third kappa shape index (κ3) is 6.15. The molecule has 0 unspecified atom stereocenters. The number of hydrogen-bond donors (Lipinski definition) is 2. The molecule has 0 saturated heterocycles. The van der Waals surface area contributed by atoms with Crippen LogP contribution in [0.25, 0.3) is 0 Å². The van der Waals surface area contributed by atoms with Crippen LogP contribution in [-0.4, -0.2) is 20.4 Å². The molecule has 0 radical (unpaired) electrons. The van der Waals surface area contributed by atoms with Crippen molar-refractivity contribution in [2.75, 3.05) is 5.32 Å². The minimum atomic E-state index is -3.49. The Bertz CT molecular complexity index is 947. The van der Waals surface area contributed by atoms with Gasteiger partial charge in [0.2, 0.25) is 15.9 Å². The quantitative estimate of drug-likeness (QED) is 0.701. The maximum Gasteiger partial charge on any atom is 0.240 e. The van der Waals surface area contributed by atoms with E-state index in [2.05, 4.69) is 10.0 Å². The van der Waals surface area contributed by atoms with Gasteiger partial charge in [-0.05, 0) is 62.4 Å². The van der Waals surface area contributed by atoms with Gasteiger partial charge in [0, 0.05) is 18.2 Å². The first-order chi connectivity index (χ1) is 13.8. The molecule has 0 spiro atoms. The van der Waals surface area contributed by atoms with Gasteiger partial charge < -0.3 is 5.32 Å². The lowest BCUT2D eigenvalue weighted by Gasteiger charge is -2.22. The van der Waals surface area contributed by atoms with Gasteiger partial charge in [0.1, 0.15) is 0 Å². The number of anilines is 1. The molecular weight excluding hydrogens is 384 g/mol. The first-order valence-corrected chi connectivity index (χ1v) is 11.8. The number of hydrogen-bond acceptors (Lipinski definition) is 3. The van der Waals surface area contributed by atoms with Crippen LogP contribution >= 0.6 is 0 Å². The topological polar surface area (TPSA) is 75.3 Å². The summed E-state index contributed by atoms with van der Waals surface area (Å²) in [6, 6.07) is 12.8. The molecule has 2 aromatic rings. The van der Waals surface area contributed by atoms with E-state index in [1.165, 1.54) is 6.42 Å². The molecular formula is C23H30N2O3S. The van der Waals surface area contributed by atoms with Gasteiger partial charge in [0.15, 0.2) is 0 Å². The van der Waals surface area contributed by atoms with E-state index in [1.807, 2.05) is 32.0 Å². The Morgan fingerprint density at radius 1 is 1.00 bits per heavy atom. The summed E-state index contributed by atoms with van der Waals surface area (Å²) in [6.45, 7) is 4.00. The highest BCUT2D eigenvalue weighted by Gasteiger charge is 2.21. The van der Waals surface area contributed by atoms with Crippen molar-refractivity contribution in [3.63, 3.8) is 0 Å². The molecule has 1 aliphatic carbocycles. The number of amides is 1. The van der Waals surface area contributed by atoms with Crippen LogP contribution in [0.4, 0.5) is 5.69 Å². The first-order valence-electron chi connectivity index (χ1n) is 10.3. The highest BCUT2D eigenvalue weighted by molar-refractivity contribution is 7.89. The summed E-state index contributed by atoms with van der Waals surface area (Å²) in [5.74, 6) is -0.0485. The number of benzene rings is 2. The Morgan fingerprint density at radius 3 is 2.34 bits per heavy atom. The number of carbonyl (C=O) groups excluding carboxylic acids is 1. The van der Waals surface area contributed by atoms with Gasteiger partial charge in [-0.2, -0.15) is 0 Å². The van der Waals surface area contributed by atoms with Crippen LogP contribution in [0, 0.1) is 13.8 Å². The predicted octanol–water partition coefficient (Wildman–Crippen LogP) is 4.49. The van der Waals surface area contributed by atoms with Crippen LogP contribution in [0.1, 0.15) is 55.2 Å². The normalized spacial score (nSPS) is 15.2. The molecule has 1 saturated carbocycles. The fraction of sp³-hybridized carbons (Fsp3) is 0.435. The van der Waals surface area contributed by atoms with Crippen molar-refractivity contribution in [3.05, 3.63) is 59.2 Å². The standard InChI is InChI=1S/C23H30N2O3S/c1-17-8-14-22(18(2)16-17)24-23(26)15-11-19-9-12-21(13-10-19)29(27,28)25-20-6-4-3-5-7-20/h8-10,12-14,16,20,25H,3-7,11,15H2,1-2H3,(H,24,26). The summed E-state index contributed by atoms with van der Waals surface area (Å²) in [7, 11) is -3.49. The van der Waals surface area contributed by atoms with Gasteiger partial charge in [-0.25, -0.2) is 13.1 Å². The van der Waals surface area contributed by atoms with Crippen molar-refractivity contribution in [1.29, 1.82) is 0 Å². The molecule has 2 N–H and O–H groups in total. The number of rotatable bonds is 7. The summed E-state index contributed by atoms with van der Waals surface area (Å²) in [5, 5.41) is 2.94. The van der Waals surface area contributed by atoms with E-state index >= 15 is 0 Å². The van der Waals surface area contributed by atoms with Crippen molar-refractivity contribution in [2.45, 2.75) is 69.7 Å². The second kappa shape index (κ2) is 9.55. The van der Waals surface area contributed by atoms with Crippen LogP contribution in [0.5, 0.6) is 0 Å². The summed E-state index contributed by atoms with van der Waals surface area (Å²) in [4.78, 5) is 12.5. The molecule has 0 atom stereocenters. The highest BCUT2D eigenvalue weighted by Crippen LogP contribution is 2.21. The van der Waals surface area contributed by atoms with E-state index in [4.69, 9.17) is 0 Å². The lowest BCUT2D eigenvalue weighted by atomic mass is 9.96.